The van der Waals surface area contributed by atoms with Crippen molar-refractivity contribution in [3.05, 3.63) is 69.8 Å². The Balaban J connectivity index is 0.00000210. The van der Waals surface area contributed by atoms with E-state index in [1.807, 2.05) is 36.4 Å². The van der Waals surface area contributed by atoms with Crippen molar-refractivity contribution in [3.63, 3.8) is 0 Å². The van der Waals surface area contributed by atoms with Crippen molar-refractivity contribution in [1.29, 1.82) is 5.26 Å². The number of hydrogen-bond acceptors (Lipinski definition) is 5. The molecule has 2 aromatic carbocycles. The maximum atomic E-state index is 10.7. The van der Waals surface area contributed by atoms with Gasteiger partial charge in [0.05, 0.1) is 16.6 Å². The Hall–Kier alpha value is -2.33. The Morgan fingerprint density at radius 1 is 1.10 bits per heavy atom. The summed E-state index contributed by atoms with van der Waals surface area (Å²) in [7, 11) is 2.16. The van der Waals surface area contributed by atoms with Gasteiger partial charge < -0.3 is 9.80 Å². The first-order valence-corrected chi connectivity index (χ1v) is 9.25. The Kier molecular flexibility index (Phi) is 9.90. The van der Waals surface area contributed by atoms with Crippen LogP contribution in [0.2, 0.25) is 0 Å². The van der Waals surface area contributed by atoms with E-state index in [4.69, 9.17) is 5.26 Å². The van der Waals surface area contributed by atoms with E-state index in [9.17, 15) is 10.1 Å². The van der Waals surface area contributed by atoms with Gasteiger partial charge in [0, 0.05) is 43.5 Å². The smallest absolute Gasteiger partial charge is 0.269 e. The molecule has 1 aliphatic heterocycles. The monoisotopic (exact) mass is 436 g/mol. The van der Waals surface area contributed by atoms with Crippen molar-refractivity contribution in [3.8, 4) is 6.07 Å². The van der Waals surface area contributed by atoms with Crippen LogP contribution in [0.1, 0.15) is 24.0 Å². The van der Waals surface area contributed by atoms with Gasteiger partial charge in [-0.15, -0.1) is 24.8 Å². The zero-order valence-corrected chi connectivity index (χ0v) is 18.0. The number of likely N-dealkylation sites (N-methyl/N-ethyl adjacent to an activating group) is 1. The predicted molar refractivity (Wildman–Crippen MR) is 120 cm³/mol. The van der Waals surface area contributed by atoms with Crippen LogP contribution in [0.15, 0.2) is 48.5 Å². The molecule has 0 aromatic heterocycles. The molecule has 3 rings (SSSR count). The van der Waals surface area contributed by atoms with Crippen LogP contribution < -0.4 is 4.90 Å². The molecule has 0 radical (unpaired) electrons. The summed E-state index contributed by atoms with van der Waals surface area (Å²) in [5, 5.41) is 19.6. The molecule has 0 spiro atoms. The van der Waals surface area contributed by atoms with Crippen molar-refractivity contribution < 1.29 is 4.92 Å². The van der Waals surface area contributed by atoms with E-state index in [-0.39, 0.29) is 35.4 Å². The van der Waals surface area contributed by atoms with Crippen LogP contribution >= 0.6 is 24.8 Å². The van der Waals surface area contributed by atoms with Gasteiger partial charge in [0.1, 0.15) is 0 Å². The fraction of sp³-hybridized carbons (Fsp3) is 0.381. The number of nitro groups is 1. The van der Waals surface area contributed by atoms with Crippen LogP contribution in [0, 0.1) is 21.4 Å². The van der Waals surface area contributed by atoms with E-state index in [0.717, 1.165) is 44.5 Å². The molecule has 8 heteroatoms. The molecule has 0 amide bonds. The van der Waals surface area contributed by atoms with E-state index in [0.29, 0.717) is 11.6 Å². The van der Waals surface area contributed by atoms with E-state index in [1.54, 1.807) is 12.1 Å². The molecule has 1 heterocycles. The summed E-state index contributed by atoms with van der Waals surface area (Å²) in [5.74, 6) is 0. The lowest BCUT2D eigenvalue weighted by atomic mass is 10.0. The standard InChI is InChI=1S/C21H24N4O2.2ClH/c1-23(13-10-17-2-8-21(9-3-17)25(26)27)19-11-14-24(15-12-19)20-6-4-18(16-22)5-7-20;;/h2-9,19H,10-15H2,1H3;2*1H. The average Bonchev–Trinajstić information content (AvgIpc) is 2.72. The normalized spacial score (nSPS) is 13.9. The van der Waals surface area contributed by atoms with Crippen LogP contribution in [0.3, 0.4) is 0 Å². The number of non-ortho nitro benzene ring substituents is 1. The maximum Gasteiger partial charge on any atom is 0.269 e. The molecule has 0 aliphatic carbocycles. The second kappa shape index (κ2) is 11.6. The number of hydrogen-bond donors (Lipinski definition) is 0. The fourth-order valence-electron chi connectivity index (χ4n) is 3.58. The lowest BCUT2D eigenvalue weighted by Gasteiger charge is -2.38. The lowest BCUT2D eigenvalue weighted by molar-refractivity contribution is -0.384. The molecule has 0 atom stereocenters. The number of nitro benzene ring substituents is 1. The number of nitriles is 1. The van der Waals surface area contributed by atoms with E-state index < -0.39 is 0 Å². The van der Waals surface area contributed by atoms with E-state index in [1.165, 1.54) is 5.69 Å². The maximum absolute atomic E-state index is 10.7. The quantitative estimate of drug-likeness (QED) is 0.493. The highest BCUT2D eigenvalue weighted by Crippen LogP contribution is 2.23. The van der Waals surface area contributed by atoms with Crippen molar-refractivity contribution in [1.82, 2.24) is 4.90 Å². The van der Waals surface area contributed by atoms with Crippen LogP contribution in [-0.4, -0.2) is 42.5 Å². The van der Waals surface area contributed by atoms with Crippen molar-refractivity contribution >= 4 is 36.2 Å². The van der Waals surface area contributed by atoms with Crippen LogP contribution in [0.25, 0.3) is 0 Å². The lowest BCUT2D eigenvalue weighted by Crippen LogP contribution is -2.44. The Bertz CT molecular complexity index is 814. The number of rotatable bonds is 6. The second-order valence-electron chi connectivity index (χ2n) is 7.03. The van der Waals surface area contributed by atoms with Gasteiger partial charge in [-0.3, -0.25) is 10.1 Å². The van der Waals surface area contributed by atoms with E-state index in [2.05, 4.69) is 22.9 Å². The fourth-order valence-corrected chi connectivity index (χ4v) is 3.58. The summed E-state index contributed by atoms with van der Waals surface area (Å²) < 4.78 is 0. The van der Waals surface area contributed by atoms with Crippen LogP contribution in [0.5, 0.6) is 0 Å². The Morgan fingerprint density at radius 2 is 1.69 bits per heavy atom. The van der Waals surface area contributed by atoms with Crippen molar-refractivity contribution in [2.75, 3.05) is 31.6 Å². The summed E-state index contributed by atoms with van der Waals surface area (Å²) in [4.78, 5) is 15.1. The number of halogens is 2. The SMILES string of the molecule is CN(CCc1ccc([N+](=O)[O-])cc1)C1CCN(c2ccc(C#N)cc2)CC1.Cl.Cl. The molecular weight excluding hydrogens is 411 g/mol. The zero-order valence-electron chi connectivity index (χ0n) is 16.4. The van der Waals surface area contributed by atoms with Gasteiger partial charge in [-0.25, -0.2) is 0 Å². The summed E-state index contributed by atoms with van der Waals surface area (Å²) in [6, 6.07) is 17.3. The average molecular weight is 437 g/mol. The van der Waals surface area contributed by atoms with Crippen molar-refractivity contribution in [2.24, 2.45) is 0 Å². The second-order valence-corrected chi connectivity index (χ2v) is 7.03. The van der Waals surface area contributed by atoms with Gasteiger partial charge in [-0.1, -0.05) is 12.1 Å². The summed E-state index contributed by atoms with van der Waals surface area (Å²) in [6.07, 6.45) is 3.11. The highest BCUT2D eigenvalue weighted by atomic mass is 35.5. The highest BCUT2D eigenvalue weighted by Gasteiger charge is 2.22. The first-order valence-electron chi connectivity index (χ1n) is 9.25. The molecule has 1 aliphatic rings. The van der Waals surface area contributed by atoms with Crippen LogP contribution in [-0.2, 0) is 6.42 Å². The largest absolute Gasteiger partial charge is 0.371 e. The summed E-state index contributed by atoms with van der Waals surface area (Å²) in [6.45, 7) is 2.97. The molecule has 1 saturated heterocycles. The van der Waals surface area contributed by atoms with Gasteiger partial charge in [0.15, 0.2) is 0 Å². The van der Waals surface area contributed by atoms with Crippen molar-refractivity contribution in [2.45, 2.75) is 25.3 Å². The third kappa shape index (κ3) is 6.60. The third-order valence-corrected chi connectivity index (χ3v) is 5.35. The van der Waals surface area contributed by atoms with Gasteiger partial charge >= 0.3 is 0 Å². The Morgan fingerprint density at radius 3 is 2.21 bits per heavy atom. The molecule has 0 unspecified atom stereocenters. The molecule has 0 saturated carbocycles. The highest BCUT2D eigenvalue weighted by molar-refractivity contribution is 5.85. The zero-order chi connectivity index (χ0) is 19.2. The summed E-state index contributed by atoms with van der Waals surface area (Å²) in [5.41, 5.74) is 3.14. The van der Waals surface area contributed by atoms with Gasteiger partial charge in [-0.05, 0) is 56.1 Å². The minimum Gasteiger partial charge on any atom is -0.371 e. The molecule has 2 aromatic rings. The molecule has 1 fully saturated rings. The van der Waals surface area contributed by atoms with Gasteiger partial charge in [0.2, 0.25) is 0 Å². The number of nitrogens with zero attached hydrogens (tertiary/aromatic N) is 4. The first kappa shape index (κ1) is 24.7. The predicted octanol–water partition coefficient (Wildman–Crippen LogP) is 4.45. The molecule has 0 N–H and O–H groups in total. The van der Waals surface area contributed by atoms with Crippen LogP contribution in [0.4, 0.5) is 11.4 Å². The number of benzene rings is 2. The number of anilines is 1. The molecule has 0 bridgehead atoms. The molecular formula is C21H26Cl2N4O2. The van der Waals surface area contributed by atoms with E-state index >= 15 is 0 Å². The third-order valence-electron chi connectivity index (χ3n) is 5.35. The van der Waals surface area contributed by atoms with Gasteiger partial charge in [-0.2, -0.15) is 5.26 Å². The topological polar surface area (TPSA) is 73.4 Å². The minimum absolute atomic E-state index is 0. The summed E-state index contributed by atoms with van der Waals surface area (Å²) >= 11 is 0. The Labute approximate surface area is 184 Å². The first-order chi connectivity index (χ1) is 13.1. The molecule has 29 heavy (non-hydrogen) atoms. The molecule has 6 nitrogen and oxygen atoms in total. The molecule has 156 valence electrons. The minimum atomic E-state index is -0.364. The van der Waals surface area contributed by atoms with Gasteiger partial charge in [0.25, 0.3) is 5.69 Å². The number of piperidine rings is 1.